The lowest BCUT2D eigenvalue weighted by molar-refractivity contribution is -0.137. The fourth-order valence-electron chi connectivity index (χ4n) is 4.77. The van der Waals surface area contributed by atoms with Crippen LogP contribution in [-0.4, -0.2) is 67.5 Å². The summed E-state index contributed by atoms with van der Waals surface area (Å²) in [5.74, 6) is -2.30. The molecule has 11 nitrogen and oxygen atoms in total. The SMILES string of the molecule is CCOC(=O)/C=C/[C@H](C[C@@H]1CCNC1=O)NC(=O)[C@H](Cc1ccccc1)NC(=O)[C@@H](NC(=O)COc1ccccc1)C(C)C. The van der Waals surface area contributed by atoms with Gasteiger partial charge in [0.05, 0.1) is 6.61 Å². The molecule has 1 aliphatic heterocycles. The number of esters is 1. The van der Waals surface area contributed by atoms with E-state index in [0.717, 1.165) is 5.56 Å². The molecular weight excluding hydrogens is 564 g/mol. The minimum absolute atomic E-state index is 0.116. The van der Waals surface area contributed by atoms with Gasteiger partial charge in [0.15, 0.2) is 6.61 Å². The molecule has 0 saturated carbocycles. The number of rotatable bonds is 16. The van der Waals surface area contributed by atoms with Crippen molar-refractivity contribution in [2.24, 2.45) is 11.8 Å². The Morgan fingerprint density at radius 1 is 0.955 bits per heavy atom. The molecule has 1 aliphatic rings. The first kappa shape index (κ1) is 33.8. The van der Waals surface area contributed by atoms with Crippen molar-refractivity contribution in [3.8, 4) is 5.75 Å². The van der Waals surface area contributed by atoms with Gasteiger partial charge in [0.2, 0.25) is 17.7 Å². The average molecular weight is 607 g/mol. The smallest absolute Gasteiger partial charge is 0.330 e. The number of carbonyl (C=O) groups is 5. The molecule has 0 bridgehead atoms. The number of nitrogens with one attached hydrogen (secondary N) is 4. The third-order valence-corrected chi connectivity index (χ3v) is 7.07. The summed E-state index contributed by atoms with van der Waals surface area (Å²) in [5, 5.41) is 11.2. The van der Waals surface area contributed by atoms with Crippen molar-refractivity contribution in [1.82, 2.24) is 21.3 Å². The summed E-state index contributed by atoms with van der Waals surface area (Å²) in [6.45, 7) is 5.72. The molecule has 3 rings (SSSR count). The molecule has 236 valence electrons. The van der Waals surface area contributed by atoms with Crippen LogP contribution in [0.5, 0.6) is 5.75 Å². The van der Waals surface area contributed by atoms with Gasteiger partial charge in [-0.2, -0.15) is 0 Å². The summed E-state index contributed by atoms with van der Waals surface area (Å²) in [6.07, 6.45) is 3.78. The molecule has 1 heterocycles. The molecule has 0 aromatic heterocycles. The van der Waals surface area contributed by atoms with Crippen LogP contribution in [-0.2, 0) is 35.1 Å². The monoisotopic (exact) mass is 606 g/mol. The predicted octanol–water partition coefficient (Wildman–Crippen LogP) is 2.06. The summed E-state index contributed by atoms with van der Waals surface area (Å²) in [7, 11) is 0. The number of carbonyl (C=O) groups excluding carboxylic acids is 5. The number of benzene rings is 2. The Labute approximate surface area is 258 Å². The minimum Gasteiger partial charge on any atom is -0.484 e. The first-order valence-corrected chi connectivity index (χ1v) is 14.9. The Bertz CT molecular complexity index is 1280. The van der Waals surface area contributed by atoms with Crippen LogP contribution in [0.2, 0.25) is 0 Å². The molecule has 2 aromatic carbocycles. The molecule has 11 heteroatoms. The van der Waals surface area contributed by atoms with Crippen LogP contribution in [0.1, 0.15) is 39.2 Å². The quantitative estimate of drug-likeness (QED) is 0.169. The van der Waals surface area contributed by atoms with E-state index in [1.54, 1.807) is 45.0 Å². The van der Waals surface area contributed by atoms with Crippen molar-refractivity contribution in [3.05, 3.63) is 78.4 Å². The summed E-state index contributed by atoms with van der Waals surface area (Å²) in [6, 6.07) is 15.4. The van der Waals surface area contributed by atoms with Crippen LogP contribution in [0.4, 0.5) is 0 Å². The van der Waals surface area contributed by atoms with E-state index in [1.165, 1.54) is 12.2 Å². The Balaban J connectivity index is 1.75. The van der Waals surface area contributed by atoms with Crippen molar-refractivity contribution in [3.63, 3.8) is 0 Å². The number of ether oxygens (including phenoxy) is 2. The molecule has 2 aromatic rings. The van der Waals surface area contributed by atoms with E-state index in [9.17, 15) is 24.0 Å². The molecule has 4 N–H and O–H groups in total. The van der Waals surface area contributed by atoms with E-state index in [0.29, 0.717) is 18.7 Å². The average Bonchev–Trinajstić information content (AvgIpc) is 3.41. The van der Waals surface area contributed by atoms with Crippen LogP contribution in [0, 0.1) is 11.8 Å². The van der Waals surface area contributed by atoms with E-state index in [1.807, 2.05) is 36.4 Å². The Kier molecular flexibility index (Phi) is 13.4. The van der Waals surface area contributed by atoms with Gasteiger partial charge in [-0.1, -0.05) is 68.5 Å². The highest BCUT2D eigenvalue weighted by molar-refractivity contribution is 5.93. The minimum atomic E-state index is -1.01. The van der Waals surface area contributed by atoms with E-state index in [4.69, 9.17) is 9.47 Å². The molecule has 4 amide bonds. The van der Waals surface area contributed by atoms with Gasteiger partial charge in [-0.05, 0) is 43.4 Å². The molecule has 0 unspecified atom stereocenters. The maximum Gasteiger partial charge on any atom is 0.330 e. The molecule has 0 aliphatic carbocycles. The lowest BCUT2D eigenvalue weighted by Gasteiger charge is -2.27. The number of hydrogen-bond donors (Lipinski definition) is 4. The molecule has 0 spiro atoms. The van der Waals surface area contributed by atoms with Crippen LogP contribution in [0.15, 0.2) is 72.8 Å². The first-order chi connectivity index (χ1) is 21.2. The topological polar surface area (TPSA) is 152 Å². The van der Waals surface area contributed by atoms with Gasteiger partial charge < -0.3 is 30.7 Å². The van der Waals surface area contributed by atoms with Gasteiger partial charge in [0.25, 0.3) is 5.91 Å². The zero-order valence-electron chi connectivity index (χ0n) is 25.4. The normalized spacial score (nSPS) is 16.5. The standard InChI is InChI=1S/C33H42N4O7/c1-4-43-29(39)16-15-25(20-24-17-18-34-31(24)40)35-32(41)27(19-23-11-7-5-8-12-23)36-33(42)30(22(2)3)37-28(38)21-44-26-13-9-6-10-14-26/h5-16,22,24-25,27,30H,4,17-21H2,1-3H3,(H,34,40)(H,35,41)(H,36,42)(H,37,38)/b16-15+/t24-,25+,27-,30-/m0/s1. The van der Waals surface area contributed by atoms with Gasteiger partial charge in [0, 0.05) is 31.0 Å². The molecule has 44 heavy (non-hydrogen) atoms. The maximum absolute atomic E-state index is 13.7. The fourth-order valence-corrected chi connectivity index (χ4v) is 4.77. The van der Waals surface area contributed by atoms with Crippen LogP contribution < -0.4 is 26.0 Å². The third-order valence-electron chi connectivity index (χ3n) is 7.07. The zero-order valence-corrected chi connectivity index (χ0v) is 25.4. The highest BCUT2D eigenvalue weighted by atomic mass is 16.5. The second kappa shape index (κ2) is 17.4. The number of amides is 4. The third kappa shape index (κ3) is 11.2. The van der Waals surface area contributed by atoms with E-state index in [-0.39, 0.29) is 43.8 Å². The lowest BCUT2D eigenvalue weighted by atomic mass is 9.97. The maximum atomic E-state index is 13.7. The van der Waals surface area contributed by atoms with Gasteiger partial charge in [-0.15, -0.1) is 0 Å². The van der Waals surface area contributed by atoms with Crippen LogP contribution >= 0.6 is 0 Å². The Morgan fingerprint density at radius 3 is 2.25 bits per heavy atom. The highest BCUT2D eigenvalue weighted by Crippen LogP contribution is 2.17. The predicted molar refractivity (Wildman–Crippen MR) is 164 cm³/mol. The van der Waals surface area contributed by atoms with Gasteiger partial charge in [0.1, 0.15) is 17.8 Å². The molecule has 1 saturated heterocycles. The van der Waals surface area contributed by atoms with Gasteiger partial charge >= 0.3 is 5.97 Å². The first-order valence-electron chi connectivity index (χ1n) is 14.9. The lowest BCUT2D eigenvalue weighted by Crippen LogP contribution is -2.57. The van der Waals surface area contributed by atoms with Crippen LogP contribution in [0.25, 0.3) is 0 Å². The number of para-hydroxylation sites is 1. The van der Waals surface area contributed by atoms with E-state index < -0.39 is 41.8 Å². The van der Waals surface area contributed by atoms with Crippen molar-refractivity contribution in [1.29, 1.82) is 0 Å². The molecule has 4 atom stereocenters. The second-order valence-electron chi connectivity index (χ2n) is 10.9. The molecular formula is C33H42N4O7. The van der Waals surface area contributed by atoms with Gasteiger partial charge in [-0.25, -0.2) is 4.79 Å². The Morgan fingerprint density at radius 2 is 1.64 bits per heavy atom. The fraction of sp³-hybridized carbons (Fsp3) is 0.424. The largest absolute Gasteiger partial charge is 0.484 e. The van der Waals surface area contributed by atoms with Crippen molar-refractivity contribution in [2.45, 2.75) is 58.2 Å². The summed E-state index contributed by atoms with van der Waals surface area (Å²) in [5.41, 5.74) is 0.808. The van der Waals surface area contributed by atoms with E-state index in [2.05, 4.69) is 21.3 Å². The highest BCUT2D eigenvalue weighted by Gasteiger charge is 2.32. The molecule has 1 fully saturated rings. The number of hydrogen-bond acceptors (Lipinski definition) is 7. The van der Waals surface area contributed by atoms with Crippen LogP contribution in [0.3, 0.4) is 0 Å². The van der Waals surface area contributed by atoms with Crippen molar-refractivity contribution in [2.75, 3.05) is 19.8 Å². The van der Waals surface area contributed by atoms with Crippen molar-refractivity contribution >= 4 is 29.6 Å². The Hall–Kier alpha value is -4.67. The zero-order chi connectivity index (χ0) is 31.9. The summed E-state index contributed by atoms with van der Waals surface area (Å²) < 4.78 is 10.5. The van der Waals surface area contributed by atoms with Crippen molar-refractivity contribution < 1.29 is 33.4 Å². The van der Waals surface area contributed by atoms with E-state index >= 15 is 0 Å². The van der Waals surface area contributed by atoms with Gasteiger partial charge in [-0.3, -0.25) is 19.2 Å². The second-order valence-corrected chi connectivity index (χ2v) is 10.9. The summed E-state index contributed by atoms with van der Waals surface area (Å²) >= 11 is 0. The molecule has 0 radical (unpaired) electrons. The summed E-state index contributed by atoms with van der Waals surface area (Å²) in [4.78, 5) is 64.2.